The molecule has 2 aromatic heterocycles. The summed E-state index contributed by atoms with van der Waals surface area (Å²) in [5.41, 5.74) is -3.69. The van der Waals surface area contributed by atoms with E-state index in [4.69, 9.17) is 0 Å². The fraction of sp³-hybridized carbons (Fsp3) is 0.211. The van der Waals surface area contributed by atoms with Crippen LogP contribution in [0.15, 0.2) is 52.6 Å². The van der Waals surface area contributed by atoms with Crippen molar-refractivity contribution in [2.45, 2.75) is 18.9 Å². The van der Waals surface area contributed by atoms with Crippen LogP contribution in [-0.4, -0.2) is 22.4 Å². The van der Waals surface area contributed by atoms with E-state index < -0.39 is 40.8 Å². The van der Waals surface area contributed by atoms with Crippen LogP contribution in [-0.2, 0) is 18.9 Å². The number of halogens is 6. The van der Waals surface area contributed by atoms with Crippen molar-refractivity contribution in [1.82, 2.24) is 15.1 Å². The number of urea groups is 1. The maximum absolute atomic E-state index is 12.9. The van der Waals surface area contributed by atoms with E-state index in [0.29, 0.717) is 17.8 Å². The van der Waals surface area contributed by atoms with Gasteiger partial charge >= 0.3 is 18.4 Å². The van der Waals surface area contributed by atoms with E-state index >= 15 is 0 Å². The molecule has 2 heterocycles. The molecule has 0 spiro atoms. The zero-order valence-electron chi connectivity index (χ0n) is 15.9. The molecule has 2 N–H and O–H groups in total. The summed E-state index contributed by atoms with van der Waals surface area (Å²) in [4.78, 5) is 24.7. The Hall–Kier alpha value is -3.35. The van der Waals surface area contributed by atoms with Crippen molar-refractivity contribution < 1.29 is 31.1 Å². The number of rotatable bonds is 5. The summed E-state index contributed by atoms with van der Waals surface area (Å²) in [6, 6.07) is 6.15. The lowest BCUT2D eigenvalue weighted by Gasteiger charge is -2.15. The zero-order valence-corrected chi connectivity index (χ0v) is 16.7. The zero-order chi connectivity index (χ0) is 23.5. The van der Waals surface area contributed by atoms with Crippen molar-refractivity contribution in [2.75, 3.05) is 11.9 Å². The van der Waals surface area contributed by atoms with Crippen LogP contribution in [0.3, 0.4) is 0 Å². The van der Waals surface area contributed by atoms with Gasteiger partial charge in [-0.2, -0.15) is 31.4 Å². The highest BCUT2D eigenvalue weighted by atomic mass is 32.1. The highest BCUT2D eigenvalue weighted by Gasteiger charge is 2.37. The number of thiophene rings is 1. The fourth-order valence-electron chi connectivity index (χ4n) is 2.64. The molecule has 3 rings (SSSR count). The van der Waals surface area contributed by atoms with Crippen molar-refractivity contribution in [3.63, 3.8) is 0 Å². The highest BCUT2D eigenvalue weighted by Crippen LogP contribution is 2.37. The summed E-state index contributed by atoms with van der Waals surface area (Å²) in [7, 11) is 0. The molecule has 1 aromatic carbocycles. The average molecular weight is 476 g/mol. The van der Waals surface area contributed by atoms with Gasteiger partial charge in [-0.05, 0) is 35.7 Å². The van der Waals surface area contributed by atoms with Gasteiger partial charge in [0, 0.05) is 18.3 Å². The van der Waals surface area contributed by atoms with Crippen LogP contribution < -0.4 is 16.2 Å². The molecule has 2 amide bonds. The van der Waals surface area contributed by atoms with E-state index in [2.05, 4.69) is 10.4 Å². The second-order valence-corrected chi connectivity index (χ2v) is 7.38. The van der Waals surface area contributed by atoms with Gasteiger partial charge in [0.05, 0.1) is 22.5 Å². The first-order valence-electron chi connectivity index (χ1n) is 8.90. The minimum atomic E-state index is -5.03. The van der Waals surface area contributed by atoms with Gasteiger partial charge in [-0.3, -0.25) is 4.79 Å². The lowest BCUT2D eigenvalue weighted by Crippen LogP contribution is -2.34. The molecule has 0 radical (unpaired) electrons. The van der Waals surface area contributed by atoms with E-state index in [-0.39, 0.29) is 19.2 Å². The molecule has 0 fully saturated rings. The number of amides is 2. The van der Waals surface area contributed by atoms with Gasteiger partial charge in [-0.15, -0.1) is 11.3 Å². The Morgan fingerprint density at radius 2 is 1.66 bits per heavy atom. The Morgan fingerprint density at radius 1 is 1.00 bits per heavy atom. The Bertz CT molecular complexity index is 1120. The first-order valence-corrected chi connectivity index (χ1v) is 9.78. The predicted molar refractivity (Wildman–Crippen MR) is 105 cm³/mol. The largest absolute Gasteiger partial charge is 0.416 e. The van der Waals surface area contributed by atoms with Crippen LogP contribution >= 0.6 is 11.3 Å². The molecule has 3 aromatic rings. The Morgan fingerprint density at radius 3 is 2.22 bits per heavy atom. The summed E-state index contributed by atoms with van der Waals surface area (Å²) >= 11 is 1.41. The Balaban J connectivity index is 1.67. The van der Waals surface area contributed by atoms with E-state index in [0.717, 1.165) is 9.56 Å². The summed E-state index contributed by atoms with van der Waals surface area (Å²) in [5.74, 6) is 0. The molecule has 0 aliphatic carbocycles. The monoisotopic (exact) mass is 476 g/mol. The molecule has 13 heteroatoms. The smallest absolute Gasteiger partial charge is 0.336 e. The lowest BCUT2D eigenvalue weighted by molar-refractivity contribution is -0.143. The summed E-state index contributed by atoms with van der Waals surface area (Å²) in [6.45, 7) is -0.223. The second kappa shape index (κ2) is 9.02. The number of benzene rings is 1. The van der Waals surface area contributed by atoms with E-state index in [9.17, 15) is 35.9 Å². The molecule has 0 saturated heterocycles. The first kappa shape index (κ1) is 23.3. The third kappa shape index (κ3) is 5.87. The number of nitrogens with zero attached hydrogens (tertiary/aromatic N) is 2. The van der Waals surface area contributed by atoms with Gasteiger partial charge < -0.3 is 10.6 Å². The van der Waals surface area contributed by atoms with Gasteiger partial charge in [0.2, 0.25) is 0 Å². The van der Waals surface area contributed by atoms with Crippen molar-refractivity contribution >= 4 is 23.1 Å². The van der Waals surface area contributed by atoms with Crippen molar-refractivity contribution in [2.24, 2.45) is 0 Å². The molecular formula is C19H14F6N4O2S. The normalized spacial score (nSPS) is 11.9. The number of carbonyl (C=O) groups excluding carboxylic acids is 1. The number of nitrogens with one attached hydrogen (secondary N) is 2. The SMILES string of the molecule is O=C(NCCn1nc(-c2cccs2)ccc1=O)Nc1cc(C(F)(F)F)cc(C(F)(F)F)c1. The van der Waals surface area contributed by atoms with Crippen LogP contribution in [0.5, 0.6) is 0 Å². The second-order valence-electron chi connectivity index (χ2n) is 6.43. The highest BCUT2D eigenvalue weighted by molar-refractivity contribution is 7.13. The molecule has 0 unspecified atom stereocenters. The number of alkyl halides is 6. The number of aromatic nitrogens is 2. The third-order valence-electron chi connectivity index (χ3n) is 4.09. The number of hydrogen-bond donors (Lipinski definition) is 2. The maximum atomic E-state index is 12.9. The average Bonchev–Trinajstić information content (AvgIpc) is 3.22. The van der Waals surface area contributed by atoms with Gasteiger partial charge in [0.25, 0.3) is 5.56 Å². The van der Waals surface area contributed by atoms with Gasteiger partial charge in [-0.25, -0.2) is 9.48 Å². The van der Waals surface area contributed by atoms with Gasteiger partial charge in [0.1, 0.15) is 5.69 Å². The van der Waals surface area contributed by atoms with Crippen LogP contribution in [0.2, 0.25) is 0 Å². The maximum Gasteiger partial charge on any atom is 0.416 e. The van der Waals surface area contributed by atoms with E-state index in [1.54, 1.807) is 12.1 Å². The minimum absolute atomic E-state index is 0.0399. The van der Waals surface area contributed by atoms with Crippen LogP contribution in [0, 0.1) is 0 Å². The summed E-state index contributed by atoms with van der Waals surface area (Å²) < 4.78 is 78.5. The Labute approximate surface area is 180 Å². The lowest BCUT2D eigenvalue weighted by atomic mass is 10.1. The van der Waals surface area contributed by atoms with E-state index in [1.165, 1.54) is 23.5 Å². The standard InChI is InChI=1S/C19H14F6N4O2S/c20-18(21,22)11-8-12(19(23,24)25)10-13(9-11)27-17(31)26-5-6-29-16(30)4-3-14(28-29)15-2-1-7-32-15/h1-4,7-10H,5-6H2,(H2,26,27,31). The molecule has 0 aliphatic heterocycles. The predicted octanol–water partition coefficient (Wildman–Crippen LogP) is 4.83. The summed E-state index contributed by atoms with van der Waals surface area (Å²) in [5, 5.41) is 10.2. The van der Waals surface area contributed by atoms with Crippen LogP contribution in [0.1, 0.15) is 11.1 Å². The van der Waals surface area contributed by atoms with Crippen molar-refractivity contribution in [3.8, 4) is 10.6 Å². The Kier molecular flexibility index (Phi) is 6.57. The fourth-order valence-corrected chi connectivity index (χ4v) is 3.33. The van der Waals surface area contributed by atoms with Gasteiger partial charge in [-0.1, -0.05) is 6.07 Å². The van der Waals surface area contributed by atoms with Gasteiger partial charge in [0.15, 0.2) is 0 Å². The summed E-state index contributed by atoms with van der Waals surface area (Å²) in [6.07, 6.45) is -10.1. The molecule has 0 atom stereocenters. The molecule has 32 heavy (non-hydrogen) atoms. The number of anilines is 1. The molecule has 0 saturated carbocycles. The molecule has 6 nitrogen and oxygen atoms in total. The van der Waals surface area contributed by atoms with E-state index in [1.807, 2.05) is 10.7 Å². The minimum Gasteiger partial charge on any atom is -0.336 e. The van der Waals surface area contributed by atoms with Crippen molar-refractivity contribution in [1.29, 1.82) is 0 Å². The third-order valence-corrected chi connectivity index (χ3v) is 4.99. The quantitative estimate of drug-likeness (QED) is 0.518. The molecular weight excluding hydrogens is 462 g/mol. The number of carbonyl (C=O) groups is 1. The number of hydrogen-bond acceptors (Lipinski definition) is 4. The molecule has 0 aliphatic rings. The topological polar surface area (TPSA) is 76.0 Å². The van der Waals surface area contributed by atoms with Crippen LogP contribution in [0.4, 0.5) is 36.8 Å². The molecule has 0 bridgehead atoms. The van der Waals surface area contributed by atoms with Crippen molar-refractivity contribution in [3.05, 3.63) is 69.3 Å². The molecule has 170 valence electrons. The van der Waals surface area contributed by atoms with Crippen LogP contribution in [0.25, 0.3) is 10.6 Å². The first-order chi connectivity index (χ1) is 14.9.